The molecule has 0 aromatic heterocycles. The van der Waals surface area contributed by atoms with E-state index in [0.717, 1.165) is 31.9 Å². The zero-order chi connectivity index (χ0) is 22.6. The van der Waals surface area contributed by atoms with E-state index in [1.807, 2.05) is 30.3 Å². The molecule has 2 aliphatic heterocycles. The van der Waals surface area contributed by atoms with Crippen molar-refractivity contribution in [2.75, 3.05) is 50.4 Å². The Morgan fingerprint density at radius 2 is 1.78 bits per heavy atom. The van der Waals surface area contributed by atoms with E-state index in [1.54, 1.807) is 23.2 Å². The second-order valence-corrected chi connectivity index (χ2v) is 8.67. The van der Waals surface area contributed by atoms with E-state index >= 15 is 0 Å². The van der Waals surface area contributed by atoms with Gasteiger partial charge < -0.3 is 10.2 Å². The number of anilines is 2. The molecule has 2 heterocycles. The number of piperazine rings is 1. The van der Waals surface area contributed by atoms with Gasteiger partial charge in [-0.15, -0.1) is 0 Å². The summed E-state index contributed by atoms with van der Waals surface area (Å²) in [6.07, 6.45) is 0. The number of hydrogen-bond donors (Lipinski definition) is 3. The maximum atomic E-state index is 12.4. The predicted molar refractivity (Wildman–Crippen MR) is 123 cm³/mol. The van der Waals surface area contributed by atoms with Crippen LogP contribution in [-0.4, -0.2) is 70.3 Å². The summed E-state index contributed by atoms with van der Waals surface area (Å²) in [6.45, 7) is 3.39. The van der Waals surface area contributed by atoms with Crippen LogP contribution in [0.3, 0.4) is 0 Å². The molecule has 0 amide bonds. The number of nitrogens with one attached hydrogen (secondary N) is 2. The molecule has 0 unspecified atom stereocenters. The second-order valence-electron chi connectivity index (χ2n) is 7.14. The Morgan fingerprint density at radius 1 is 1.09 bits per heavy atom. The molecule has 2 aromatic carbocycles. The van der Waals surface area contributed by atoms with Crippen LogP contribution in [0.5, 0.6) is 0 Å². The molecule has 0 radical (unpaired) electrons. The Hall–Kier alpha value is -3.19. The monoisotopic (exact) mass is 458 g/mol. The van der Waals surface area contributed by atoms with E-state index in [2.05, 4.69) is 20.6 Å². The number of rotatable bonds is 5. The number of hydrazine groups is 1. The molecular weight excluding hydrogens is 432 g/mol. The van der Waals surface area contributed by atoms with E-state index in [1.165, 1.54) is 18.2 Å². The van der Waals surface area contributed by atoms with Gasteiger partial charge in [0.2, 0.25) is 16.0 Å². The minimum absolute atomic E-state index is 0.0478. The van der Waals surface area contributed by atoms with Gasteiger partial charge in [0.05, 0.1) is 18.5 Å². The van der Waals surface area contributed by atoms with E-state index < -0.39 is 10.0 Å². The third-order valence-corrected chi connectivity index (χ3v) is 5.97. The Morgan fingerprint density at radius 3 is 2.47 bits per heavy atom. The molecule has 32 heavy (non-hydrogen) atoms. The highest BCUT2D eigenvalue weighted by Gasteiger charge is 2.30. The SMILES string of the molecule is CON1CN=C(N2CCNCC2)N=C1N(Nc1ccccc1)c1ccccc1S(N)(=O)=O. The smallest absolute Gasteiger partial charge is 0.254 e. The summed E-state index contributed by atoms with van der Waals surface area (Å²) in [5, 5.41) is 11.9. The van der Waals surface area contributed by atoms with Crippen LogP contribution in [-0.2, 0) is 14.9 Å². The summed E-state index contributed by atoms with van der Waals surface area (Å²) in [6, 6.07) is 15.8. The molecule has 1 saturated heterocycles. The normalized spacial score (nSPS) is 16.9. The van der Waals surface area contributed by atoms with Crippen LogP contribution in [0.2, 0.25) is 0 Å². The molecule has 0 atom stereocenters. The first-order valence-corrected chi connectivity index (χ1v) is 11.7. The van der Waals surface area contributed by atoms with Gasteiger partial charge in [-0.3, -0.25) is 10.3 Å². The van der Waals surface area contributed by atoms with Gasteiger partial charge in [0, 0.05) is 26.2 Å². The van der Waals surface area contributed by atoms with Crippen molar-refractivity contribution in [1.29, 1.82) is 0 Å². The quantitative estimate of drug-likeness (QED) is 0.557. The number of nitrogens with zero attached hydrogens (tertiary/aromatic N) is 5. The summed E-state index contributed by atoms with van der Waals surface area (Å²) >= 11 is 0. The summed E-state index contributed by atoms with van der Waals surface area (Å²) in [7, 11) is -2.51. The topological polar surface area (TPSA) is 128 Å². The highest BCUT2D eigenvalue weighted by atomic mass is 32.2. The maximum absolute atomic E-state index is 12.4. The lowest BCUT2D eigenvalue weighted by Crippen LogP contribution is -2.53. The molecule has 12 heteroatoms. The molecule has 4 N–H and O–H groups in total. The van der Waals surface area contributed by atoms with Crippen molar-refractivity contribution in [3.05, 3.63) is 54.6 Å². The number of hydrogen-bond acceptors (Lipinski definition) is 10. The van der Waals surface area contributed by atoms with E-state index in [-0.39, 0.29) is 11.6 Å². The number of para-hydroxylation sites is 2. The molecule has 4 rings (SSSR count). The third-order valence-electron chi connectivity index (χ3n) is 5.01. The number of guanidine groups is 2. The predicted octanol–water partition coefficient (Wildman–Crippen LogP) is 0.619. The number of primary sulfonamides is 1. The van der Waals surface area contributed by atoms with E-state index in [0.29, 0.717) is 17.6 Å². The fourth-order valence-corrected chi connectivity index (χ4v) is 4.17. The number of aliphatic imine (C=N–C) groups is 2. The van der Waals surface area contributed by atoms with Crippen LogP contribution in [0.25, 0.3) is 0 Å². The van der Waals surface area contributed by atoms with Crippen molar-refractivity contribution in [2.45, 2.75) is 4.90 Å². The zero-order valence-electron chi connectivity index (χ0n) is 17.7. The van der Waals surface area contributed by atoms with Crippen LogP contribution in [0.1, 0.15) is 0 Å². The molecular formula is C20H26N8O3S. The van der Waals surface area contributed by atoms with Crippen molar-refractivity contribution in [3.8, 4) is 0 Å². The highest BCUT2D eigenvalue weighted by molar-refractivity contribution is 7.89. The molecule has 0 bridgehead atoms. The third kappa shape index (κ3) is 4.83. The van der Waals surface area contributed by atoms with Crippen molar-refractivity contribution >= 4 is 33.3 Å². The second kappa shape index (κ2) is 9.53. The van der Waals surface area contributed by atoms with Crippen molar-refractivity contribution in [1.82, 2.24) is 15.3 Å². The number of sulfonamides is 1. The summed E-state index contributed by atoms with van der Waals surface area (Å²) in [4.78, 5) is 16.8. The lowest BCUT2D eigenvalue weighted by Gasteiger charge is -2.37. The van der Waals surface area contributed by atoms with Gasteiger partial charge in [0.1, 0.15) is 11.6 Å². The summed E-state index contributed by atoms with van der Waals surface area (Å²) < 4.78 is 24.7. The van der Waals surface area contributed by atoms with Gasteiger partial charge in [-0.05, 0) is 24.3 Å². The fraction of sp³-hybridized carbons (Fsp3) is 0.300. The largest absolute Gasteiger partial charge is 0.338 e. The molecule has 2 aromatic rings. The Bertz CT molecular complexity index is 1100. The van der Waals surface area contributed by atoms with Crippen molar-refractivity contribution < 1.29 is 13.3 Å². The van der Waals surface area contributed by atoms with Crippen molar-refractivity contribution in [3.63, 3.8) is 0 Å². The highest BCUT2D eigenvalue weighted by Crippen LogP contribution is 2.27. The number of benzene rings is 2. The lowest BCUT2D eigenvalue weighted by molar-refractivity contribution is -0.0652. The first-order chi connectivity index (χ1) is 15.5. The first-order valence-electron chi connectivity index (χ1n) is 10.1. The number of nitrogens with two attached hydrogens (primary N) is 1. The Kier molecular flexibility index (Phi) is 6.55. The van der Waals surface area contributed by atoms with Gasteiger partial charge in [-0.2, -0.15) is 10.1 Å². The van der Waals surface area contributed by atoms with Crippen molar-refractivity contribution in [2.24, 2.45) is 15.1 Å². The molecule has 2 aliphatic rings. The maximum Gasteiger partial charge on any atom is 0.254 e. The first kappa shape index (κ1) is 22.0. The summed E-state index contributed by atoms with van der Waals surface area (Å²) in [5.41, 5.74) is 4.27. The molecule has 0 saturated carbocycles. The van der Waals surface area contributed by atoms with Crippen LogP contribution in [0.15, 0.2) is 69.5 Å². The van der Waals surface area contributed by atoms with Crippen LogP contribution >= 0.6 is 0 Å². The molecule has 0 spiro atoms. The van der Waals surface area contributed by atoms with Gasteiger partial charge in [-0.25, -0.2) is 23.6 Å². The van der Waals surface area contributed by atoms with Gasteiger partial charge in [0.25, 0.3) is 5.96 Å². The van der Waals surface area contributed by atoms with Gasteiger partial charge in [-0.1, -0.05) is 30.3 Å². The standard InChI is InChI=1S/C20H26N8O3S/c1-31-27-15-23-19(26-13-11-22-12-14-26)24-20(27)28(25-16-7-3-2-4-8-16)17-9-5-6-10-18(17)32(21,29)30/h2-10,22,25H,11-15H2,1H3,(H2,21,29,30). The molecule has 170 valence electrons. The fourth-order valence-electron chi connectivity index (χ4n) is 3.45. The van der Waals surface area contributed by atoms with Crippen LogP contribution < -0.4 is 20.9 Å². The van der Waals surface area contributed by atoms with E-state index in [4.69, 9.17) is 15.0 Å². The molecule has 1 fully saturated rings. The molecule has 0 aliphatic carbocycles. The Balaban J connectivity index is 1.81. The van der Waals surface area contributed by atoms with Crippen LogP contribution in [0.4, 0.5) is 11.4 Å². The van der Waals surface area contributed by atoms with Crippen LogP contribution in [0, 0.1) is 0 Å². The average Bonchev–Trinajstić information content (AvgIpc) is 2.83. The Labute approximate surface area is 187 Å². The van der Waals surface area contributed by atoms with Gasteiger partial charge in [0.15, 0.2) is 0 Å². The lowest BCUT2D eigenvalue weighted by atomic mass is 10.3. The average molecular weight is 459 g/mol. The zero-order valence-corrected chi connectivity index (χ0v) is 18.5. The minimum atomic E-state index is -4.01. The van der Waals surface area contributed by atoms with E-state index in [9.17, 15) is 8.42 Å². The number of hydroxylamine groups is 2. The van der Waals surface area contributed by atoms with Gasteiger partial charge >= 0.3 is 0 Å². The molecule has 11 nitrogen and oxygen atoms in total. The summed E-state index contributed by atoms with van der Waals surface area (Å²) in [5.74, 6) is 0.888. The minimum Gasteiger partial charge on any atom is -0.338 e.